The Kier molecular flexibility index (Phi) is 8.19. The lowest BCUT2D eigenvalue weighted by atomic mass is 10.0. The van der Waals surface area contributed by atoms with Crippen LogP contribution in [-0.4, -0.2) is 61.9 Å². The number of benzene rings is 1. The van der Waals surface area contributed by atoms with E-state index in [1.165, 1.54) is 20.0 Å². The first-order valence-electron chi connectivity index (χ1n) is 14.7. The third-order valence-electron chi connectivity index (χ3n) is 7.98. The summed E-state index contributed by atoms with van der Waals surface area (Å²) >= 11 is 0. The van der Waals surface area contributed by atoms with Gasteiger partial charge in [-0.1, -0.05) is 0 Å². The third kappa shape index (κ3) is 6.22. The molecule has 6 rings (SSSR count). The van der Waals surface area contributed by atoms with Crippen LogP contribution in [0.5, 0.6) is 0 Å². The minimum Gasteiger partial charge on any atom is -0.465 e. The molecular formula is C32H34FN5O6. The second-order valence-electron chi connectivity index (χ2n) is 11.4. The second-order valence-corrected chi connectivity index (χ2v) is 11.4. The van der Waals surface area contributed by atoms with Crippen molar-refractivity contribution in [1.82, 2.24) is 19.1 Å². The van der Waals surface area contributed by atoms with Crippen LogP contribution in [0.2, 0.25) is 0 Å². The highest BCUT2D eigenvalue weighted by Gasteiger charge is 2.26. The van der Waals surface area contributed by atoms with Crippen molar-refractivity contribution in [2.75, 3.05) is 19.0 Å². The van der Waals surface area contributed by atoms with E-state index in [0.717, 1.165) is 37.0 Å². The molecule has 12 heteroatoms. The molecule has 4 heterocycles. The van der Waals surface area contributed by atoms with Crippen LogP contribution in [0.15, 0.2) is 48.9 Å². The molecule has 1 saturated heterocycles. The number of pyridine rings is 1. The van der Waals surface area contributed by atoms with Gasteiger partial charge in [0.1, 0.15) is 0 Å². The Bertz CT molecular complexity index is 1740. The number of ether oxygens (including phenoxy) is 2. The zero-order valence-corrected chi connectivity index (χ0v) is 24.6. The van der Waals surface area contributed by atoms with Crippen molar-refractivity contribution in [2.45, 2.75) is 64.5 Å². The van der Waals surface area contributed by atoms with Gasteiger partial charge in [0.2, 0.25) is 0 Å². The number of nitrogens with one attached hydrogen (secondary N) is 1. The van der Waals surface area contributed by atoms with Crippen LogP contribution in [-0.2, 0) is 22.6 Å². The van der Waals surface area contributed by atoms with Gasteiger partial charge in [-0.15, -0.1) is 0 Å². The van der Waals surface area contributed by atoms with E-state index in [1.54, 1.807) is 41.1 Å². The van der Waals surface area contributed by atoms with Crippen molar-refractivity contribution in [3.8, 4) is 11.1 Å². The fourth-order valence-electron chi connectivity index (χ4n) is 5.44. The molecule has 0 radical (unpaired) electrons. The fourth-order valence-corrected chi connectivity index (χ4v) is 5.44. The first kappa shape index (κ1) is 29.5. The lowest BCUT2D eigenvalue weighted by molar-refractivity contribution is -0.168. The first-order chi connectivity index (χ1) is 21.2. The summed E-state index contributed by atoms with van der Waals surface area (Å²) in [5.74, 6) is -1.50. The summed E-state index contributed by atoms with van der Waals surface area (Å²) in [6.45, 7) is 2.25. The summed E-state index contributed by atoms with van der Waals surface area (Å²) in [6.07, 6.45) is 8.43. The van der Waals surface area contributed by atoms with Crippen molar-refractivity contribution < 1.29 is 33.4 Å². The molecule has 0 spiro atoms. The topological polar surface area (TPSA) is 127 Å². The maximum Gasteiger partial charge on any atom is 0.407 e. The number of carboxylic acid groups (broad SMARTS) is 1. The van der Waals surface area contributed by atoms with Gasteiger partial charge >= 0.3 is 6.09 Å². The Morgan fingerprint density at radius 3 is 2.68 bits per heavy atom. The van der Waals surface area contributed by atoms with E-state index >= 15 is 4.39 Å². The van der Waals surface area contributed by atoms with E-state index in [-0.39, 0.29) is 47.7 Å². The molecule has 1 aliphatic heterocycles. The molecule has 1 atom stereocenters. The van der Waals surface area contributed by atoms with Crippen LogP contribution in [0.4, 0.5) is 14.9 Å². The number of anilines is 1. The molecule has 2 aliphatic rings. The van der Waals surface area contributed by atoms with Crippen LogP contribution < -0.4 is 5.32 Å². The van der Waals surface area contributed by atoms with E-state index < -0.39 is 17.8 Å². The number of aromatic nitrogens is 3. The van der Waals surface area contributed by atoms with E-state index in [2.05, 4.69) is 10.4 Å². The average Bonchev–Trinajstić information content (AvgIpc) is 3.61. The molecular weight excluding hydrogens is 569 g/mol. The van der Waals surface area contributed by atoms with Gasteiger partial charge in [-0.2, -0.15) is 5.10 Å². The van der Waals surface area contributed by atoms with Crippen molar-refractivity contribution in [2.24, 2.45) is 0 Å². The highest BCUT2D eigenvalue weighted by molar-refractivity contribution is 6.11. The lowest BCUT2D eigenvalue weighted by Crippen LogP contribution is -2.24. The zero-order valence-electron chi connectivity index (χ0n) is 24.6. The van der Waals surface area contributed by atoms with E-state index in [0.29, 0.717) is 34.9 Å². The molecule has 1 aromatic carbocycles. The Morgan fingerprint density at radius 2 is 1.98 bits per heavy atom. The van der Waals surface area contributed by atoms with Crippen molar-refractivity contribution >= 4 is 29.0 Å². The number of carbonyl (C=O) groups excluding carboxylic acids is 2. The zero-order chi connectivity index (χ0) is 31.0. The summed E-state index contributed by atoms with van der Waals surface area (Å²) in [5.41, 5.74) is 2.90. The maximum atomic E-state index is 16.1. The summed E-state index contributed by atoms with van der Waals surface area (Å²) in [7, 11) is 1.44. The lowest BCUT2D eigenvalue weighted by Gasteiger charge is -2.23. The monoisotopic (exact) mass is 603 g/mol. The Hall–Kier alpha value is -4.55. The predicted molar refractivity (Wildman–Crippen MR) is 159 cm³/mol. The quantitative estimate of drug-likeness (QED) is 0.217. The van der Waals surface area contributed by atoms with E-state index in [1.807, 2.05) is 10.9 Å². The molecule has 4 aromatic rings. The normalized spacial score (nSPS) is 16.7. The van der Waals surface area contributed by atoms with Gasteiger partial charge in [-0.05, 0) is 73.6 Å². The van der Waals surface area contributed by atoms with Gasteiger partial charge in [0.15, 0.2) is 17.9 Å². The second kappa shape index (κ2) is 12.2. The van der Waals surface area contributed by atoms with Gasteiger partial charge in [-0.25, -0.2) is 9.18 Å². The smallest absolute Gasteiger partial charge is 0.407 e. The number of fused-ring (bicyclic) bond motifs is 1. The molecule has 230 valence electrons. The molecule has 1 aliphatic carbocycles. The number of amides is 2. The van der Waals surface area contributed by atoms with Gasteiger partial charge < -0.3 is 29.2 Å². The summed E-state index contributed by atoms with van der Waals surface area (Å²) in [4.78, 5) is 38.6. The first-order valence-corrected chi connectivity index (χ1v) is 14.7. The molecule has 2 N–H and O–H groups in total. The standard InChI is InChI=1S/C32H34FN5O6/c1-19(39)27-14-25(28-13-20(8-9-37(27)28)16-36(2)32(41)42)31(40)35-26-12-21(18-44-29-5-3-4-10-43-29)11-24(30(26)33)22-15-34-38(17-22)23-6-7-23/h8-9,11-15,17,23,29H,3-7,10,16,18H2,1-2H3,(H,35,40)(H,41,42). The van der Waals surface area contributed by atoms with Crippen LogP contribution in [0.3, 0.4) is 0 Å². The number of hydrogen-bond acceptors (Lipinski definition) is 6. The number of halogens is 1. The van der Waals surface area contributed by atoms with Crippen LogP contribution in [0.1, 0.15) is 77.0 Å². The van der Waals surface area contributed by atoms with E-state index in [4.69, 9.17) is 9.47 Å². The number of hydrogen-bond donors (Lipinski definition) is 2. The largest absolute Gasteiger partial charge is 0.465 e. The number of nitrogens with zero attached hydrogens (tertiary/aromatic N) is 4. The molecule has 1 unspecified atom stereocenters. The molecule has 3 aromatic heterocycles. The number of Topliss-reactive ketones (excluding diaryl/α,β-unsaturated/α-hetero) is 1. The Morgan fingerprint density at radius 1 is 1.16 bits per heavy atom. The molecule has 2 amide bonds. The number of rotatable bonds is 10. The minimum atomic E-state index is -1.10. The van der Waals surface area contributed by atoms with Gasteiger partial charge in [0.05, 0.1) is 41.3 Å². The highest BCUT2D eigenvalue weighted by atomic mass is 19.1. The predicted octanol–water partition coefficient (Wildman–Crippen LogP) is 5.88. The molecule has 2 fully saturated rings. The summed E-state index contributed by atoms with van der Waals surface area (Å²) < 4.78 is 31.2. The van der Waals surface area contributed by atoms with Crippen LogP contribution in [0, 0.1) is 5.82 Å². The molecule has 11 nitrogen and oxygen atoms in total. The van der Waals surface area contributed by atoms with Crippen molar-refractivity contribution in [3.63, 3.8) is 0 Å². The SMILES string of the molecule is CC(=O)c1cc(C(=O)Nc2cc(COC3CCCCO3)cc(-c3cnn(C4CC4)c3)c2F)c2cc(CN(C)C(=O)O)ccn12. The van der Waals surface area contributed by atoms with Gasteiger partial charge in [0, 0.05) is 50.6 Å². The molecule has 44 heavy (non-hydrogen) atoms. The fraction of sp³-hybridized carbons (Fsp3) is 0.375. The van der Waals surface area contributed by atoms with Crippen LogP contribution >= 0.6 is 0 Å². The maximum absolute atomic E-state index is 16.1. The number of carbonyl (C=O) groups is 3. The van der Waals surface area contributed by atoms with Crippen LogP contribution in [0.25, 0.3) is 16.6 Å². The van der Waals surface area contributed by atoms with Crippen molar-refractivity contribution in [1.29, 1.82) is 0 Å². The molecule has 1 saturated carbocycles. The highest BCUT2D eigenvalue weighted by Crippen LogP contribution is 2.37. The van der Waals surface area contributed by atoms with Gasteiger partial charge in [-0.3, -0.25) is 14.3 Å². The minimum absolute atomic E-state index is 0.0414. The third-order valence-corrected chi connectivity index (χ3v) is 7.98. The van der Waals surface area contributed by atoms with Gasteiger partial charge in [0.25, 0.3) is 5.91 Å². The Balaban J connectivity index is 1.34. The summed E-state index contributed by atoms with van der Waals surface area (Å²) in [6, 6.07) is 8.37. The number of ketones is 1. The molecule has 0 bridgehead atoms. The summed E-state index contributed by atoms with van der Waals surface area (Å²) in [5, 5.41) is 16.4. The van der Waals surface area contributed by atoms with E-state index in [9.17, 15) is 19.5 Å². The van der Waals surface area contributed by atoms with Crippen molar-refractivity contribution in [3.05, 3.63) is 77.1 Å². The Labute approximate surface area is 253 Å². The average molecular weight is 604 g/mol.